The molecule has 0 saturated heterocycles. The fraction of sp³-hybridized carbons (Fsp3) is 0.0909. The lowest BCUT2D eigenvalue weighted by molar-refractivity contribution is -0.385. The lowest BCUT2D eigenvalue weighted by Gasteiger charge is -2.24. The largest absolute Gasteiger partial charge is 0.310 e. The molecule has 0 aliphatic rings. The average Bonchev–Trinajstić information content (AvgIpc) is 2.77. The van der Waals surface area contributed by atoms with Crippen LogP contribution in [0.2, 0.25) is 0 Å². The third-order valence-corrected chi connectivity index (χ3v) is 5.56. The molecule has 7 nitrogen and oxygen atoms in total. The molecule has 0 heterocycles. The molecule has 3 aromatic rings. The van der Waals surface area contributed by atoms with Gasteiger partial charge in [-0.15, -0.1) is 0 Å². The predicted octanol–water partition coefficient (Wildman–Crippen LogP) is 4.75. The minimum atomic E-state index is -0.594. The number of para-hydroxylation sites is 3. The third kappa shape index (κ3) is 4.18. The molecule has 3 rings (SSSR count). The van der Waals surface area contributed by atoms with Crippen LogP contribution in [0.5, 0.6) is 0 Å². The molecule has 0 aromatic heterocycles. The molecule has 2 amide bonds. The third-order valence-electron chi connectivity index (χ3n) is 4.65. The lowest BCUT2D eigenvalue weighted by Crippen LogP contribution is -2.32. The first-order valence-corrected chi connectivity index (χ1v) is 10.0. The molecule has 0 N–H and O–H groups in total. The van der Waals surface area contributed by atoms with Gasteiger partial charge in [-0.3, -0.25) is 19.7 Å². The van der Waals surface area contributed by atoms with Crippen LogP contribution in [0.4, 0.5) is 17.1 Å². The van der Waals surface area contributed by atoms with Gasteiger partial charge >= 0.3 is 0 Å². The summed E-state index contributed by atoms with van der Waals surface area (Å²) in [5.41, 5.74) is 1.09. The second-order valence-electron chi connectivity index (χ2n) is 6.47. The molecular formula is C22H18IN3O4. The Morgan fingerprint density at radius 1 is 0.767 bits per heavy atom. The minimum absolute atomic E-state index is 0.0433. The van der Waals surface area contributed by atoms with E-state index in [4.69, 9.17) is 0 Å². The van der Waals surface area contributed by atoms with Crippen LogP contribution in [0, 0.1) is 13.7 Å². The average molecular weight is 515 g/mol. The maximum absolute atomic E-state index is 13.2. The summed E-state index contributed by atoms with van der Waals surface area (Å²) in [5, 5.41) is 11.3. The van der Waals surface area contributed by atoms with Crippen LogP contribution in [0.25, 0.3) is 0 Å². The Balaban J connectivity index is 1.99. The standard InChI is InChI=1S/C22H18IN3O4/c1-24(22(28)16-10-4-7-13-19(16)26(29)30)18-12-6-3-9-15(18)21(27)25(2)20-14-8-5-11-17(20)23/h3-14H,1-2H3. The van der Waals surface area contributed by atoms with E-state index in [1.165, 1.54) is 35.0 Å². The number of carbonyl (C=O) groups is 2. The molecule has 0 radical (unpaired) electrons. The molecular weight excluding hydrogens is 497 g/mol. The number of hydrogen-bond donors (Lipinski definition) is 0. The number of anilines is 2. The quantitative estimate of drug-likeness (QED) is 0.279. The minimum Gasteiger partial charge on any atom is -0.310 e. The van der Waals surface area contributed by atoms with Gasteiger partial charge in [-0.25, -0.2) is 0 Å². The van der Waals surface area contributed by atoms with Crippen molar-refractivity contribution < 1.29 is 14.5 Å². The Morgan fingerprint density at radius 3 is 1.87 bits per heavy atom. The highest BCUT2D eigenvalue weighted by Gasteiger charge is 2.26. The fourth-order valence-electron chi connectivity index (χ4n) is 3.06. The van der Waals surface area contributed by atoms with E-state index in [0.29, 0.717) is 11.3 Å². The van der Waals surface area contributed by atoms with E-state index in [1.807, 2.05) is 24.3 Å². The maximum Gasteiger partial charge on any atom is 0.282 e. The highest BCUT2D eigenvalue weighted by atomic mass is 127. The summed E-state index contributed by atoms with van der Waals surface area (Å²) in [5.74, 6) is -0.864. The van der Waals surface area contributed by atoms with Crippen LogP contribution >= 0.6 is 22.6 Å². The molecule has 0 aliphatic heterocycles. The molecule has 152 valence electrons. The fourth-order valence-corrected chi connectivity index (χ4v) is 3.81. The monoisotopic (exact) mass is 515 g/mol. The number of rotatable bonds is 5. The van der Waals surface area contributed by atoms with Gasteiger partial charge in [-0.1, -0.05) is 36.4 Å². The summed E-state index contributed by atoms with van der Waals surface area (Å²) >= 11 is 2.16. The van der Waals surface area contributed by atoms with Crippen molar-refractivity contribution in [3.8, 4) is 0 Å². The molecule has 0 atom stereocenters. The number of nitro groups is 1. The van der Waals surface area contributed by atoms with Crippen molar-refractivity contribution in [2.75, 3.05) is 23.9 Å². The molecule has 0 unspecified atom stereocenters. The van der Waals surface area contributed by atoms with Gasteiger partial charge in [0.05, 0.1) is 21.9 Å². The zero-order valence-corrected chi connectivity index (χ0v) is 18.4. The van der Waals surface area contributed by atoms with E-state index >= 15 is 0 Å². The highest BCUT2D eigenvalue weighted by Crippen LogP contribution is 2.28. The van der Waals surface area contributed by atoms with Crippen molar-refractivity contribution in [2.24, 2.45) is 0 Å². The number of carbonyl (C=O) groups excluding carboxylic acids is 2. The van der Waals surface area contributed by atoms with Gasteiger partial charge in [-0.05, 0) is 52.9 Å². The highest BCUT2D eigenvalue weighted by molar-refractivity contribution is 14.1. The Morgan fingerprint density at radius 2 is 1.23 bits per heavy atom. The summed E-state index contributed by atoms with van der Waals surface area (Å²) < 4.78 is 0.910. The number of nitro benzene ring substituents is 1. The Bertz CT molecular complexity index is 1130. The van der Waals surface area contributed by atoms with Crippen molar-refractivity contribution in [1.29, 1.82) is 0 Å². The van der Waals surface area contributed by atoms with Gasteiger partial charge in [0.1, 0.15) is 5.56 Å². The number of nitrogens with zero attached hydrogens (tertiary/aromatic N) is 3. The summed E-state index contributed by atoms with van der Waals surface area (Å²) in [6.45, 7) is 0. The van der Waals surface area contributed by atoms with Crippen LogP contribution in [-0.2, 0) is 0 Å². The van der Waals surface area contributed by atoms with Crippen molar-refractivity contribution in [3.63, 3.8) is 0 Å². The van der Waals surface area contributed by atoms with Gasteiger partial charge in [0.2, 0.25) is 0 Å². The zero-order chi connectivity index (χ0) is 21.8. The zero-order valence-electron chi connectivity index (χ0n) is 16.3. The van der Waals surface area contributed by atoms with Crippen LogP contribution in [0.15, 0.2) is 72.8 Å². The summed E-state index contributed by atoms with van der Waals surface area (Å²) in [7, 11) is 3.16. The van der Waals surface area contributed by atoms with Crippen molar-refractivity contribution >= 4 is 51.5 Å². The van der Waals surface area contributed by atoms with E-state index < -0.39 is 10.8 Å². The Kier molecular flexibility index (Phi) is 6.46. The summed E-state index contributed by atoms with van der Waals surface area (Å²) in [6, 6.07) is 19.9. The van der Waals surface area contributed by atoms with E-state index in [9.17, 15) is 19.7 Å². The van der Waals surface area contributed by atoms with E-state index in [1.54, 1.807) is 37.4 Å². The molecule has 30 heavy (non-hydrogen) atoms. The van der Waals surface area contributed by atoms with Crippen molar-refractivity contribution in [2.45, 2.75) is 0 Å². The van der Waals surface area contributed by atoms with Crippen molar-refractivity contribution in [3.05, 3.63) is 97.6 Å². The van der Waals surface area contributed by atoms with Crippen molar-refractivity contribution in [1.82, 2.24) is 0 Å². The summed E-state index contributed by atoms with van der Waals surface area (Å²) in [6.07, 6.45) is 0. The first-order valence-electron chi connectivity index (χ1n) is 8.96. The second kappa shape index (κ2) is 9.04. The second-order valence-corrected chi connectivity index (χ2v) is 7.63. The smallest absolute Gasteiger partial charge is 0.282 e. The first kappa shape index (κ1) is 21.4. The van der Waals surface area contributed by atoms with Gasteiger partial charge in [-0.2, -0.15) is 0 Å². The predicted molar refractivity (Wildman–Crippen MR) is 124 cm³/mol. The van der Waals surface area contributed by atoms with E-state index in [0.717, 1.165) is 9.26 Å². The van der Waals surface area contributed by atoms with Crippen LogP contribution in [0.3, 0.4) is 0 Å². The van der Waals surface area contributed by atoms with Gasteiger partial charge in [0.25, 0.3) is 17.5 Å². The topological polar surface area (TPSA) is 83.8 Å². The van der Waals surface area contributed by atoms with Gasteiger partial charge in [0, 0.05) is 23.7 Å². The molecule has 0 saturated carbocycles. The van der Waals surface area contributed by atoms with Gasteiger partial charge in [0.15, 0.2) is 0 Å². The number of hydrogen-bond acceptors (Lipinski definition) is 4. The molecule has 0 fully saturated rings. The summed E-state index contributed by atoms with van der Waals surface area (Å²) in [4.78, 5) is 39.8. The number of amides is 2. The molecule has 0 bridgehead atoms. The van der Waals surface area contributed by atoms with Crippen LogP contribution in [-0.4, -0.2) is 30.8 Å². The number of halogens is 1. The van der Waals surface area contributed by atoms with Crippen LogP contribution in [0.1, 0.15) is 20.7 Å². The van der Waals surface area contributed by atoms with Crippen LogP contribution < -0.4 is 9.80 Å². The molecule has 0 spiro atoms. The SMILES string of the molecule is CN(C(=O)c1ccccc1N(C)C(=O)c1ccccc1[N+](=O)[O-])c1ccccc1I. The number of benzene rings is 3. The Hall–Kier alpha value is -3.27. The Labute approximate surface area is 187 Å². The normalized spacial score (nSPS) is 10.4. The lowest BCUT2D eigenvalue weighted by atomic mass is 10.1. The molecule has 8 heteroatoms. The van der Waals surface area contributed by atoms with E-state index in [-0.39, 0.29) is 17.2 Å². The molecule has 3 aromatic carbocycles. The van der Waals surface area contributed by atoms with Gasteiger partial charge < -0.3 is 9.80 Å². The first-order chi connectivity index (χ1) is 14.3. The maximum atomic E-state index is 13.2. The molecule has 0 aliphatic carbocycles. The van der Waals surface area contributed by atoms with E-state index in [2.05, 4.69) is 22.6 Å².